The van der Waals surface area contributed by atoms with Gasteiger partial charge in [-0.1, -0.05) is 30.3 Å². The molecule has 0 aliphatic carbocycles. The molecule has 2 amide bonds. The second-order valence-corrected chi connectivity index (χ2v) is 8.22. The summed E-state index contributed by atoms with van der Waals surface area (Å²) in [6.07, 6.45) is 1.19. The van der Waals surface area contributed by atoms with E-state index in [9.17, 15) is 13.2 Å². The predicted octanol–water partition coefficient (Wildman–Crippen LogP) is 1.51. The van der Waals surface area contributed by atoms with Crippen molar-refractivity contribution in [3.05, 3.63) is 42.5 Å². The molecule has 0 bridgehead atoms. The zero-order valence-electron chi connectivity index (χ0n) is 14.7. The number of nitrogens with one attached hydrogen (secondary N) is 1. The van der Waals surface area contributed by atoms with Crippen molar-refractivity contribution in [2.24, 2.45) is 0 Å². The molecular formula is C18H23N3O4S. The molecule has 140 valence electrons. The molecule has 2 aromatic rings. The number of rotatable bonds is 5. The van der Waals surface area contributed by atoms with Gasteiger partial charge in [0.15, 0.2) is 0 Å². The molecule has 1 N–H and O–H groups in total. The Morgan fingerprint density at radius 2 is 1.77 bits per heavy atom. The summed E-state index contributed by atoms with van der Waals surface area (Å²) >= 11 is 0. The van der Waals surface area contributed by atoms with Gasteiger partial charge in [0.2, 0.25) is 10.0 Å². The zero-order valence-corrected chi connectivity index (χ0v) is 15.5. The van der Waals surface area contributed by atoms with E-state index < -0.39 is 10.0 Å². The Morgan fingerprint density at radius 1 is 1.08 bits per heavy atom. The molecule has 0 unspecified atom stereocenters. The average Bonchev–Trinajstić information content (AvgIpc) is 2.64. The summed E-state index contributed by atoms with van der Waals surface area (Å²) in [5.74, 6) is 0.764. The third-order valence-corrected chi connectivity index (χ3v) is 5.67. The van der Waals surface area contributed by atoms with Crippen molar-refractivity contribution in [1.29, 1.82) is 0 Å². The highest BCUT2D eigenvalue weighted by Gasteiger charge is 2.25. The number of fused-ring (bicyclic) bond motifs is 1. The number of nitrogens with zero attached hydrogens (tertiary/aromatic N) is 2. The summed E-state index contributed by atoms with van der Waals surface area (Å²) in [5.41, 5.74) is 0. The van der Waals surface area contributed by atoms with E-state index in [1.807, 2.05) is 42.5 Å². The Hall–Kier alpha value is -2.32. The molecule has 1 saturated heterocycles. The second-order valence-electron chi connectivity index (χ2n) is 6.24. The highest BCUT2D eigenvalue weighted by molar-refractivity contribution is 7.88. The first-order valence-electron chi connectivity index (χ1n) is 8.53. The van der Waals surface area contributed by atoms with Crippen LogP contribution in [0, 0.1) is 0 Å². The summed E-state index contributed by atoms with van der Waals surface area (Å²) in [6.45, 7) is 2.21. The molecule has 1 aliphatic rings. The van der Waals surface area contributed by atoms with E-state index in [1.54, 1.807) is 4.90 Å². The van der Waals surface area contributed by atoms with Gasteiger partial charge in [-0.3, -0.25) is 0 Å². The van der Waals surface area contributed by atoms with Gasteiger partial charge in [-0.15, -0.1) is 0 Å². The number of urea groups is 1. The van der Waals surface area contributed by atoms with Crippen molar-refractivity contribution >= 4 is 26.8 Å². The van der Waals surface area contributed by atoms with E-state index in [-0.39, 0.29) is 6.03 Å². The smallest absolute Gasteiger partial charge is 0.317 e. The van der Waals surface area contributed by atoms with Crippen LogP contribution in [0.2, 0.25) is 0 Å². The lowest BCUT2D eigenvalue weighted by Gasteiger charge is -2.33. The van der Waals surface area contributed by atoms with Gasteiger partial charge in [0.1, 0.15) is 12.4 Å². The molecule has 0 radical (unpaired) electrons. The largest absolute Gasteiger partial charge is 0.492 e. The molecule has 2 aromatic carbocycles. The third-order valence-electron chi connectivity index (χ3n) is 4.36. The number of carbonyl (C=O) groups is 1. The van der Waals surface area contributed by atoms with Gasteiger partial charge in [-0.05, 0) is 22.9 Å². The van der Waals surface area contributed by atoms with Crippen molar-refractivity contribution in [2.75, 3.05) is 45.6 Å². The van der Waals surface area contributed by atoms with Gasteiger partial charge in [0.25, 0.3) is 0 Å². The Labute approximate surface area is 153 Å². The van der Waals surface area contributed by atoms with Crippen molar-refractivity contribution in [1.82, 2.24) is 14.5 Å². The maximum absolute atomic E-state index is 12.1. The number of hydrogen-bond acceptors (Lipinski definition) is 4. The minimum Gasteiger partial charge on any atom is -0.492 e. The molecule has 0 atom stereocenters. The number of ether oxygens (including phenoxy) is 1. The number of amides is 2. The van der Waals surface area contributed by atoms with Crippen LogP contribution < -0.4 is 10.1 Å². The maximum Gasteiger partial charge on any atom is 0.317 e. The van der Waals surface area contributed by atoms with Crippen LogP contribution in [-0.2, 0) is 10.0 Å². The van der Waals surface area contributed by atoms with Crippen LogP contribution in [0.1, 0.15) is 0 Å². The molecule has 26 heavy (non-hydrogen) atoms. The first-order valence-corrected chi connectivity index (χ1v) is 10.4. The monoisotopic (exact) mass is 377 g/mol. The van der Waals surface area contributed by atoms with Crippen molar-refractivity contribution in [2.45, 2.75) is 0 Å². The lowest BCUT2D eigenvalue weighted by Crippen LogP contribution is -2.53. The van der Waals surface area contributed by atoms with E-state index in [0.29, 0.717) is 39.3 Å². The quantitative estimate of drug-likeness (QED) is 0.801. The second kappa shape index (κ2) is 7.92. The molecular weight excluding hydrogens is 354 g/mol. The lowest BCUT2D eigenvalue weighted by atomic mass is 10.1. The van der Waals surface area contributed by atoms with Crippen LogP contribution in [0.4, 0.5) is 4.79 Å². The fourth-order valence-corrected chi connectivity index (χ4v) is 3.75. The van der Waals surface area contributed by atoms with Crippen LogP contribution >= 0.6 is 0 Å². The third kappa shape index (κ3) is 4.64. The molecule has 0 saturated carbocycles. The molecule has 0 aromatic heterocycles. The van der Waals surface area contributed by atoms with Gasteiger partial charge in [-0.25, -0.2) is 13.2 Å². The fourth-order valence-electron chi connectivity index (χ4n) is 2.92. The normalized spacial score (nSPS) is 15.8. The number of hydrogen-bond donors (Lipinski definition) is 1. The average molecular weight is 377 g/mol. The number of benzene rings is 2. The van der Waals surface area contributed by atoms with E-state index in [2.05, 4.69) is 5.32 Å². The number of sulfonamides is 1. The van der Waals surface area contributed by atoms with Gasteiger partial charge in [0.05, 0.1) is 12.8 Å². The van der Waals surface area contributed by atoms with Gasteiger partial charge >= 0.3 is 6.03 Å². The molecule has 7 nitrogen and oxygen atoms in total. The fraction of sp³-hybridized carbons (Fsp3) is 0.389. The minimum atomic E-state index is -3.19. The van der Waals surface area contributed by atoms with E-state index in [4.69, 9.17) is 4.74 Å². The van der Waals surface area contributed by atoms with E-state index in [0.717, 1.165) is 16.5 Å². The molecule has 1 heterocycles. The van der Waals surface area contributed by atoms with Crippen LogP contribution in [0.5, 0.6) is 5.75 Å². The Balaban J connectivity index is 1.41. The van der Waals surface area contributed by atoms with Gasteiger partial charge in [0, 0.05) is 26.2 Å². The van der Waals surface area contributed by atoms with Crippen LogP contribution in [0.15, 0.2) is 42.5 Å². The highest BCUT2D eigenvalue weighted by atomic mass is 32.2. The van der Waals surface area contributed by atoms with Crippen LogP contribution in [-0.4, -0.2) is 69.2 Å². The SMILES string of the molecule is CS(=O)(=O)N1CCN(C(=O)NCCOc2ccc3ccccc3c2)CC1. The van der Waals surface area contributed by atoms with Gasteiger partial charge < -0.3 is 15.0 Å². The van der Waals surface area contributed by atoms with Crippen LogP contribution in [0.25, 0.3) is 10.8 Å². The van der Waals surface area contributed by atoms with Crippen molar-refractivity contribution in [3.63, 3.8) is 0 Å². The van der Waals surface area contributed by atoms with Crippen molar-refractivity contribution in [3.8, 4) is 5.75 Å². The lowest BCUT2D eigenvalue weighted by molar-refractivity contribution is 0.170. The number of piperazine rings is 1. The zero-order chi connectivity index (χ0) is 18.6. The number of carbonyl (C=O) groups excluding carboxylic acids is 1. The Kier molecular flexibility index (Phi) is 5.63. The molecule has 0 spiro atoms. The predicted molar refractivity (Wildman–Crippen MR) is 101 cm³/mol. The van der Waals surface area contributed by atoms with E-state index in [1.165, 1.54) is 10.6 Å². The van der Waals surface area contributed by atoms with Crippen molar-refractivity contribution < 1.29 is 17.9 Å². The minimum absolute atomic E-state index is 0.194. The summed E-state index contributed by atoms with van der Waals surface area (Å²) in [5, 5.41) is 5.07. The first kappa shape index (κ1) is 18.5. The summed E-state index contributed by atoms with van der Waals surface area (Å²) in [7, 11) is -3.19. The highest BCUT2D eigenvalue weighted by Crippen LogP contribution is 2.20. The maximum atomic E-state index is 12.1. The first-order chi connectivity index (χ1) is 12.4. The van der Waals surface area contributed by atoms with E-state index >= 15 is 0 Å². The standard InChI is InChI=1S/C18H23N3O4S/c1-26(23,24)21-11-9-20(10-12-21)18(22)19-8-13-25-17-7-6-15-4-2-3-5-16(15)14-17/h2-7,14H,8-13H2,1H3,(H,19,22). The Morgan fingerprint density at radius 3 is 2.46 bits per heavy atom. The topological polar surface area (TPSA) is 79.0 Å². The molecule has 3 rings (SSSR count). The van der Waals surface area contributed by atoms with Gasteiger partial charge in [-0.2, -0.15) is 4.31 Å². The molecule has 1 fully saturated rings. The summed E-state index contributed by atoms with van der Waals surface area (Å²) < 4.78 is 30.0. The molecule has 8 heteroatoms. The summed E-state index contributed by atoms with van der Waals surface area (Å²) in [6, 6.07) is 13.7. The molecule has 1 aliphatic heterocycles. The summed E-state index contributed by atoms with van der Waals surface area (Å²) in [4.78, 5) is 13.8. The van der Waals surface area contributed by atoms with Crippen LogP contribution in [0.3, 0.4) is 0 Å². The Bertz CT molecular complexity index is 877.